The second-order valence-electron chi connectivity index (χ2n) is 4.21. The monoisotopic (exact) mass is 262 g/mol. The fourth-order valence-corrected chi connectivity index (χ4v) is 1.87. The Bertz CT molecular complexity index is 739. The van der Waals surface area contributed by atoms with E-state index in [-0.39, 0.29) is 0 Å². The van der Waals surface area contributed by atoms with Gasteiger partial charge in [0.2, 0.25) is 0 Å². The first kappa shape index (κ1) is 12.0. The van der Waals surface area contributed by atoms with Gasteiger partial charge >= 0.3 is 0 Å². The SMILES string of the molecule is N#Cc1ccc(Cn2nnnc2-c2cccnc2)cc1. The van der Waals surface area contributed by atoms with Crippen molar-refractivity contribution in [3.8, 4) is 17.5 Å². The molecule has 0 amide bonds. The molecule has 3 aromatic rings. The summed E-state index contributed by atoms with van der Waals surface area (Å²) < 4.78 is 1.71. The molecule has 0 atom stereocenters. The third-order valence-corrected chi connectivity index (χ3v) is 2.87. The second kappa shape index (κ2) is 5.28. The van der Waals surface area contributed by atoms with E-state index in [0.29, 0.717) is 17.9 Å². The largest absolute Gasteiger partial charge is 0.264 e. The van der Waals surface area contributed by atoms with E-state index in [1.807, 2.05) is 24.3 Å². The van der Waals surface area contributed by atoms with Gasteiger partial charge in [0.1, 0.15) is 0 Å². The van der Waals surface area contributed by atoms with Gasteiger partial charge in [0.15, 0.2) is 5.82 Å². The van der Waals surface area contributed by atoms with Crippen molar-refractivity contribution in [3.63, 3.8) is 0 Å². The number of nitriles is 1. The summed E-state index contributed by atoms with van der Waals surface area (Å²) in [6.45, 7) is 0.545. The maximum Gasteiger partial charge on any atom is 0.183 e. The zero-order valence-corrected chi connectivity index (χ0v) is 10.5. The Hall–Kier alpha value is -3.07. The normalized spacial score (nSPS) is 10.2. The molecule has 3 rings (SSSR count). The molecule has 0 saturated heterocycles. The van der Waals surface area contributed by atoms with E-state index in [1.54, 1.807) is 29.2 Å². The van der Waals surface area contributed by atoms with E-state index in [4.69, 9.17) is 5.26 Å². The predicted molar refractivity (Wildman–Crippen MR) is 71.3 cm³/mol. The molecule has 20 heavy (non-hydrogen) atoms. The van der Waals surface area contributed by atoms with Crippen molar-refractivity contribution in [2.24, 2.45) is 0 Å². The van der Waals surface area contributed by atoms with E-state index >= 15 is 0 Å². The number of hydrogen-bond donors (Lipinski definition) is 0. The van der Waals surface area contributed by atoms with Crippen LogP contribution < -0.4 is 0 Å². The molecule has 96 valence electrons. The van der Waals surface area contributed by atoms with Gasteiger partial charge in [-0.25, -0.2) is 4.68 Å². The van der Waals surface area contributed by atoms with Crippen molar-refractivity contribution in [1.29, 1.82) is 5.26 Å². The lowest BCUT2D eigenvalue weighted by atomic mass is 10.1. The van der Waals surface area contributed by atoms with Gasteiger partial charge in [-0.2, -0.15) is 5.26 Å². The number of hydrogen-bond acceptors (Lipinski definition) is 5. The number of benzene rings is 1. The molecule has 2 heterocycles. The molecule has 0 aliphatic rings. The zero-order valence-electron chi connectivity index (χ0n) is 10.5. The Morgan fingerprint density at radius 2 is 2.00 bits per heavy atom. The van der Waals surface area contributed by atoms with E-state index in [0.717, 1.165) is 11.1 Å². The summed E-state index contributed by atoms with van der Waals surface area (Å²) in [7, 11) is 0. The van der Waals surface area contributed by atoms with Crippen LogP contribution in [-0.4, -0.2) is 25.2 Å². The maximum atomic E-state index is 8.78. The molecule has 6 nitrogen and oxygen atoms in total. The highest BCUT2D eigenvalue weighted by Gasteiger charge is 2.09. The highest BCUT2D eigenvalue weighted by Crippen LogP contribution is 2.15. The lowest BCUT2D eigenvalue weighted by molar-refractivity contribution is 0.653. The summed E-state index contributed by atoms with van der Waals surface area (Å²) in [5.41, 5.74) is 2.53. The first-order chi connectivity index (χ1) is 9.86. The van der Waals surface area contributed by atoms with E-state index < -0.39 is 0 Å². The first-order valence-electron chi connectivity index (χ1n) is 6.02. The Balaban J connectivity index is 1.89. The van der Waals surface area contributed by atoms with Crippen LogP contribution in [0.15, 0.2) is 48.8 Å². The Morgan fingerprint density at radius 3 is 2.70 bits per heavy atom. The average Bonchev–Trinajstić information content (AvgIpc) is 2.97. The molecule has 0 aliphatic heterocycles. The average molecular weight is 262 g/mol. The van der Waals surface area contributed by atoms with Crippen molar-refractivity contribution < 1.29 is 0 Å². The van der Waals surface area contributed by atoms with Crippen molar-refractivity contribution in [3.05, 3.63) is 59.9 Å². The Kier molecular flexibility index (Phi) is 3.17. The number of tetrazole rings is 1. The minimum atomic E-state index is 0.545. The molecular formula is C14H10N6. The van der Waals surface area contributed by atoms with E-state index in [2.05, 4.69) is 26.6 Å². The van der Waals surface area contributed by atoms with Crippen molar-refractivity contribution in [2.75, 3.05) is 0 Å². The number of rotatable bonds is 3. The standard InChI is InChI=1S/C14H10N6/c15-8-11-3-5-12(6-4-11)10-20-14(17-18-19-20)13-2-1-7-16-9-13/h1-7,9H,10H2. The van der Waals surface area contributed by atoms with Crippen LogP contribution in [0.5, 0.6) is 0 Å². The van der Waals surface area contributed by atoms with Crippen LogP contribution in [0.1, 0.15) is 11.1 Å². The summed E-state index contributed by atoms with van der Waals surface area (Å²) in [5.74, 6) is 0.669. The van der Waals surface area contributed by atoms with Gasteiger partial charge in [0, 0.05) is 18.0 Å². The van der Waals surface area contributed by atoms with Crippen LogP contribution in [-0.2, 0) is 6.54 Å². The van der Waals surface area contributed by atoms with Gasteiger partial charge in [-0.1, -0.05) is 12.1 Å². The molecule has 6 heteroatoms. The van der Waals surface area contributed by atoms with E-state index in [1.165, 1.54) is 0 Å². The molecule has 0 bridgehead atoms. The lowest BCUT2D eigenvalue weighted by Crippen LogP contribution is -2.04. The molecule has 0 spiro atoms. The topological polar surface area (TPSA) is 80.3 Å². The maximum absolute atomic E-state index is 8.78. The summed E-state index contributed by atoms with van der Waals surface area (Å²) in [5, 5.41) is 20.5. The minimum absolute atomic E-state index is 0.545. The number of aromatic nitrogens is 5. The second-order valence-corrected chi connectivity index (χ2v) is 4.21. The summed E-state index contributed by atoms with van der Waals surface area (Å²) >= 11 is 0. The van der Waals surface area contributed by atoms with Crippen molar-refractivity contribution >= 4 is 0 Å². The van der Waals surface area contributed by atoms with Gasteiger partial charge in [-0.3, -0.25) is 4.98 Å². The van der Waals surface area contributed by atoms with Gasteiger partial charge in [0.05, 0.1) is 18.2 Å². The van der Waals surface area contributed by atoms with Crippen LogP contribution in [0.3, 0.4) is 0 Å². The van der Waals surface area contributed by atoms with Gasteiger partial charge in [-0.05, 0) is 40.3 Å². The summed E-state index contributed by atoms with van der Waals surface area (Å²) in [6.07, 6.45) is 3.43. The van der Waals surface area contributed by atoms with Gasteiger partial charge < -0.3 is 0 Å². The molecule has 0 N–H and O–H groups in total. The molecular weight excluding hydrogens is 252 g/mol. The molecule has 0 radical (unpaired) electrons. The smallest absolute Gasteiger partial charge is 0.183 e. The molecule has 1 aromatic carbocycles. The fraction of sp³-hybridized carbons (Fsp3) is 0.0714. The zero-order chi connectivity index (χ0) is 13.8. The summed E-state index contributed by atoms with van der Waals surface area (Å²) in [4.78, 5) is 4.07. The molecule has 0 unspecified atom stereocenters. The Labute approximate surface area is 115 Å². The minimum Gasteiger partial charge on any atom is -0.264 e. The summed E-state index contributed by atoms with van der Waals surface area (Å²) in [6, 6.07) is 13.2. The third kappa shape index (κ3) is 2.37. The number of pyridine rings is 1. The Morgan fingerprint density at radius 1 is 1.15 bits per heavy atom. The van der Waals surface area contributed by atoms with Crippen molar-refractivity contribution in [1.82, 2.24) is 25.2 Å². The van der Waals surface area contributed by atoms with Crippen LogP contribution in [0.2, 0.25) is 0 Å². The van der Waals surface area contributed by atoms with Crippen LogP contribution >= 0.6 is 0 Å². The fourth-order valence-electron chi connectivity index (χ4n) is 1.87. The first-order valence-corrected chi connectivity index (χ1v) is 6.02. The molecule has 0 saturated carbocycles. The highest BCUT2D eigenvalue weighted by molar-refractivity contribution is 5.52. The van der Waals surface area contributed by atoms with Crippen LogP contribution in [0.25, 0.3) is 11.4 Å². The molecule has 2 aromatic heterocycles. The third-order valence-electron chi connectivity index (χ3n) is 2.87. The van der Waals surface area contributed by atoms with Crippen LogP contribution in [0, 0.1) is 11.3 Å². The molecule has 0 fully saturated rings. The number of nitrogens with zero attached hydrogens (tertiary/aromatic N) is 6. The van der Waals surface area contributed by atoms with Crippen molar-refractivity contribution in [2.45, 2.75) is 6.54 Å². The quantitative estimate of drug-likeness (QED) is 0.717. The predicted octanol–water partition coefficient (Wildman–Crippen LogP) is 1.66. The van der Waals surface area contributed by atoms with Gasteiger partial charge in [-0.15, -0.1) is 5.10 Å². The lowest BCUT2D eigenvalue weighted by Gasteiger charge is -2.04. The van der Waals surface area contributed by atoms with Crippen LogP contribution in [0.4, 0.5) is 0 Å². The van der Waals surface area contributed by atoms with E-state index in [9.17, 15) is 0 Å². The highest BCUT2D eigenvalue weighted by atomic mass is 15.5. The molecule has 0 aliphatic carbocycles. The van der Waals surface area contributed by atoms with Gasteiger partial charge in [0.25, 0.3) is 0 Å².